The topological polar surface area (TPSA) is 80.8 Å². The zero-order valence-corrected chi connectivity index (χ0v) is 18.3. The first kappa shape index (κ1) is 20.7. The predicted octanol–water partition coefficient (Wildman–Crippen LogP) is 3.86. The van der Waals surface area contributed by atoms with E-state index >= 15 is 0 Å². The molecule has 2 aromatic rings. The van der Waals surface area contributed by atoms with Crippen LogP contribution in [0.15, 0.2) is 53.4 Å². The first-order chi connectivity index (χ1) is 13.7. The Kier molecular flexibility index (Phi) is 5.40. The number of halogens is 1. The Balaban J connectivity index is 1.55. The van der Waals surface area contributed by atoms with Crippen LogP contribution < -0.4 is 4.74 Å². The number of benzene rings is 2. The maximum absolute atomic E-state index is 13.2. The third-order valence-electron chi connectivity index (χ3n) is 5.69. The Labute approximate surface area is 176 Å². The highest BCUT2D eigenvalue weighted by atomic mass is 35.5. The van der Waals surface area contributed by atoms with Crippen molar-refractivity contribution in [2.45, 2.75) is 47.9 Å². The van der Waals surface area contributed by atoms with Crippen molar-refractivity contribution in [2.75, 3.05) is 6.26 Å². The van der Waals surface area contributed by atoms with Gasteiger partial charge in [0, 0.05) is 18.3 Å². The average molecular weight is 456 g/mol. The van der Waals surface area contributed by atoms with Crippen LogP contribution in [-0.2, 0) is 19.9 Å². The van der Waals surface area contributed by atoms with Crippen molar-refractivity contribution in [3.05, 3.63) is 53.6 Å². The molecule has 2 unspecified atom stereocenters. The molecule has 156 valence electrons. The van der Waals surface area contributed by atoms with Gasteiger partial charge < -0.3 is 4.74 Å². The van der Waals surface area contributed by atoms with E-state index in [1.807, 2.05) is 0 Å². The predicted molar refractivity (Wildman–Crippen MR) is 112 cm³/mol. The smallest absolute Gasteiger partial charge is 0.243 e. The van der Waals surface area contributed by atoms with E-state index in [0.29, 0.717) is 42.2 Å². The second kappa shape index (κ2) is 7.58. The molecule has 0 amide bonds. The van der Waals surface area contributed by atoms with Crippen molar-refractivity contribution in [3.8, 4) is 11.5 Å². The number of nitrogens with zero attached hydrogens (tertiary/aromatic N) is 1. The number of sulfone groups is 1. The molecule has 9 heteroatoms. The average Bonchev–Trinajstić information content (AvgIpc) is 2.94. The number of para-hydroxylation sites is 1. The molecule has 2 heterocycles. The van der Waals surface area contributed by atoms with E-state index in [4.69, 9.17) is 16.3 Å². The minimum absolute atomic E-state index is 0.179. The van der Waals surface area contributed by atoms with Gasteiger partial charge >= 0.3 is 0 Å². The van der Waals surface area contributed by atoms with Crippen molar-refractivity contribution in [1.29, 1.82) is 0 Å². The lowest BCUT2D eigenvalue weighted by molar-refractivity contribution is 0.249. The van der Waals surface area contributed by atoms with Gasteiger partial charge in [-0.3, -0.25) is 0 Å². The maximum Gasteiger partial charge on any atom is 0.243 e. The monoisotopic (exact) mass is 455 g/mol. The van der Waals surface area contributed by atoms with Crippen molar-refractivity contribution in [1.82, 2.24) is 4.31 Å². The summed E-state index contributed by atoms with van der Waals surface area (Å²) in [6.07, 6.45) is 3.36. The van der Waals surface area contributed by atoms with Gasteiger partial charge in [-0.1, -0.05) is 23.7 Å². The molecule has 2 fully saturated rings. The van der Waals surface area contributed by atoms with E-state index in [2.05, 4.69) is 0 Å². The summed E-state index contributed by atoms with van der Waals surface area (Å²) in [5, 5.41) is 0.00682. The van der Waals surface area contributed by atoms with E-state index in [1.165, 1.54) is 22.7 Å². The Bertz CT molecular complexity index is 1100. The van der Waals surface area contributed by atoms with Crippen LogP contribution in [0.4, 0.5) is 0 Å². The number of hydrogen-bond acceptors (Lipinski definition) is 5. The highest BCUT2D eigenvalue weighted by molar-refractivity contribution is 7.91. The van der Waals surface area contributed by atoms with Gasteiger partial charge in [-0.2, -0.15) is 4.31 Å². The van der Waals surface area contributed by atoms with E-state index in [-0.39, 0.29) is 17.0 Å². The van der Waals surface area contributed by atoms with E-state index in [0.717, 1.165) is 0 Å². The third-order valence-corrected chi connectivity index (χ3v) is 9.62. The fourth-order valence-corrected chi connectivity index (χ4v) is 7.49. The second-order valence-corrected chi connectivity index (χ2v) is 12.2. The Morgan fingerprint density at radius 1 is 0.931 bits per heavy atom. The number of hydrogen-bond donors (Lipinski definition) is 0. The Morgan fingerprint density at radius 2 is 1.52 bits per heavy atom. The largest absolute Gasteiger partial charge is 0.456 e. The van der Waals surface area contributed by atoms with Gasteiger partial charge in [0.15, 0.2) is 0 Å². The molecule has 2 aliphatic rings. The zero-order valence-electron chi connectivity index (χ0n) is 15.9. The van der Waals surface area contributed by atoms with Gasteiger partial charge in [-0.25, -0.2) is 16.8 Å². The number of ether oxygens (including phenoxy) is 1. The number of fused-ring (bicyclic) bond motifs is 2. The van der Waals surface area contributed by atoms with Gasteiger partial charge in [0.2, 0.25) is 10.0 Å². The molecular weight excluding hydrogens is 434 g/mol. The standard InChI is InChI=1S/C20H22ClNO5S2/c1-28(23,24)18-12-14-6-7-15(13-18)22(14)29(25,26)17-10-8-16(9-11-17)27-20-5-3-2-4-19(20)21/h2-5,8-11,14-15,18H,6-7,12-13H2,1H3. The summed E-state index contributed by atoms with van der Waals surface area (Å²) in [5.74, 6) is 0.974. The van der Waals surface area contributed by atoms with Crippen LogP contribution >= 0.6 is 11.6 Å². The normalized spacial score (nSPS) is 25.1. The van der Waals surface area contributed by atoms with Gasteiger partial charge in [0.1, 0.15) is 21.3 Å². The van der Waals surface area contributed by atoms with Crippen LogP contribution in [0.5, 0.6) is 11.5 Å². The summed E-state index contributed by atoms with van der Waals surface area (Å²) in [6.45, 7) is 0. The molecule has 6 nitrogen and oxygen atoms in total. The molecule has 2 saturated heterocycles. The lowest BCUT2D eigenvalue weighted by Gasteiger charge is -2.37. The molecule has 29 heavy (non-hydrogen) atoms. The summed E-state index contributed by atoms with van der Waals surface area (Å²) in [5.41, 5.74) is 0. The molecule has 2 atom stereocenters. The third kappa shape index (κ3) is 4.03. The molecule has 0 saturated carbocycles. The van der Waals surface area contributed by atoms with E-state index in [1.54, 1.807) is 36.4 Å². The molecule has 2 bridgehead atoms. The lowest BCUT2D eigenvalue weighted by Crippen LogP contribution is -2.49. The molecule has 0 aliphatic carbocycles. The SMILES string of the molecule is CS(=O)(=O)C1CC2CCC(C1)N2S(=O)(=O)c1ccc(Oc2ccccc2Cl)cc1. The van der Waals surface area contributed by atoms with E-state index < -0.39 is 25.1 Å². The zero-order chi connectivity index (χ0) is 20.8. The fraction of sp³-hybridized carbons (Fsp3) is 0.400. The number of sulfonamides is 1. The highest BCUT2D eigenvalue weighted by Crippen LogP contribution is 2.41. The molecule has 0 N–H and O–H groups in total. The van der Waals surface area contributed by atoms with Crippen LogP contribution in [0.2, 0.25) is 5.02 Å². The lowest BCUT2D eigenvalue weighted by atomic mass is 10.1. The minimum Gasteiger partial charge on any atom is -0.456 e. The van der Waals surface area contributed by atoms with Gasteiger partial charge in [0.05, 0.1) is 15.2 Å². The number of piperidine rings is 1. The molecule has 4 rings (SSSR count). The van der Waals surface area contributed by atoms with Gasteiger partial charge in [-0.05, 0) is 62.1 Å². The van der Waals surface area contributed by atoms with Crippen LogP contribution in [0.3, 0.4) is 0 Å². The summed E-state index contributed by atoms with van der Waals surface area (Å²) in [6, 6.07) is 12.7. The molecule has 0 aromatic heterocycles. The number of rotatable bonds is 5. The van der Waals surface area contributed by atoms with Crippen LogP contribution in [0.1, 0.15) is 25.7 Å². The highest BCUT2D eigenvalue weighted by Gasteiger charge is 2.49. The Morgan fingerprint density at radius 3 is 2.07 bits per heavy atom. The van der Waals surface area contributed by atoms with Crippen LogP contribution in [-0.4, -0.2) is 44.7 Å². The quantitative estimate of drug-likeness (QED) is 0.683. The second-order valence-electron chi connectivity index (χ2n) is 7.65. The fourth-order valence-electron chi connectivity index (χ4n) is 4.28. The summed E-state index contributed by atoms with van der Waals surface area (Å²) in [4.78, 5) is 0.179. The molecule has 0 spiro atoms. The van der Waals surface area contributed by atoms with Crippen molar-refractivity contribution < 1.29 is 21.6 Å². The first-order valence-corrected chi connectivity index (χ1v) is 13.2. The Hall–Kier alpha value is -1.61. The summed E-state index contributed by atoms with van der Waals surface area (Å²) >= 11 is 6.09. The first-order valence-electron chi connectivity index (χ1n) is 9.41. The van der Waals surface area contributed by atoms with Gasteiger partial charge in [-0.15, -0.1) is 0 Å². The summed E-state index contributed by atoms with van der Waals surface area (Å²) < 4.78 is 57.6. The molecular formula is C20H22ClNO5S2. The molecule has 2 aliphatic heterocycles. The van der Waals surface area contributed by atoms with Crippen molar-refractivity contribution in [2.24, 2.45) is 0 Å². The van der Waals surface area contributed by atoms with Gasteiger partial charge in [0.25, 0.3) is 0 Å². The van der Waals surface area contributed by atoms with Crippen LogP contribution in [0, 0.1) is 0 Å². The minimum atomic E-state index is -3.71. The van der Waals surface area contributed by atoms with E-state index in [9.17, 15) is 16.8 Å². The van der Waals surface area contributed by atoms with Crippen molar-refractivity contribution in [3.63, 3.8) is 0 Å². The van der Waals surface area contributed by atoms with Crippen LogP contribution in [0.25, 0.3) is 0 Å². The molecule has 0 radical (unpaired) electrons. The van der Waals surface area contributed by atoms with Crippen molar-refractivity contribution >= 4 is 31.5 Å². The molecule has 2 aromatic carbocycles. The maximum atomic E-state index is 13.2. The summed E-state index contributed by atoms with van der Waals surface area (Å²) in [7, 11) is -6.88.